The van der Waals surface area contributed by atoms with Crippen LogP contribution >= 0.6 is 11.3 Å². The minimum Gasteiger partial charge on any atom is -0.454 e. The fraction of sp³-hybridized carbons (Fsp3) is 0. The first-order valence-electron chi connectivity index (χ1n) is 13.9. The van der Waals surface area contributed by atoms with Gasteiger partial charge in [-0.25, -0.2) is 0 Å². The van der Waals surface area contributed by atoms with Crippen molar-refractivity contribution in [3.8, 4) is 27.9 Å². The molecule has 192 valence electrons. The van der Waals surface area contributed by atoms with Gasteiger partial charge in [-0.15, -0.1) is 11.3 Å². The van der Waals surface area contributed by atoms with Crippen LogP contribution in [0.4, 0.5) is 0 Å². The van der Waals surface area contributed by atoms with Crippen LogP contribution in [0.25, 0.3) is 81.1 Å². The lowest BCUT2D eigenvalue weighted by Gasteiger charge is -2.08. The van der Waals surface area contributed by atoms with Crippen molar-refractivity contribution in [2.45, 2.75) is 0 Å². The fourth-order valence-corrected chi connectivity index (χ4v) is 7.48. The third-order valence-electron chi connectivity index (χ3n) is 8.22. The summed E-state index contributed by atoms with van der Waals surface area (Å²) in [6.45, 7) is 0. The molecule has 0 atom stereocenters. The van der Waals surface area contributed by atoms with Crippen molar-refractivity contribution in [1.82, 2.24) is 4.57 Å². The summed E-state index contributed by atoms with van der Waals surface area (Å²) in [6, 6.07) is 49.9. The molecule has 0 aliphatic carbocycles. The third kappa shape index (κ3) is 3.36. The van der Waals surface area contributed by atoms with Crippen molar-refractivity contribution >= 4 is 64.5 Å². The maximum Gasteiger partial charge on any atom is 0.161 e. The van der Waals surface area contributed by atoms with Crippen LogP contribution < -0.4 is 0 Å². The van der Waals surface area contributed by atoms with Crippen molar-refractivity contribution in [2.24, 2.45) is 0 Å². The molecule has 9 rings (SSSR count). The summed E-state index contributed by atoms with van der Waals surface area (Å²) in [5, 5.41) is 4.92. The lowest BCUT2D eigenvalue weighted by atomic mass is 9.97. The van der Waals surface area contributed by atoms with Gasteiger partial charge in [0.05, 0.1) is 5.52 Å². The van der Waals surface area contributed by atoms with Crippen LogP contribution in [0.1, 0.15) is 0 Å². The van der Waals surface area contributed by atoms with Gasteiger partial charge < -0.3 is 8.98 Å². The number of para-hydroxylation sites is 2. The van der Waals surface area contributed by atoms with Gasteiger partial charge in [-0.1, -0.05) is 91.0 Å². The van der Waals surface area contributed by atoms with Gasteiger partial charge in [0, 0.05) is 36.6 Å². The number of furan rings is 1. The van der Waals surface area contributed by atoms with E-state index in [1.54, 1.807) is 0 Å². The van der Waals surface area contributed by atoms with Gasteiger partial charge in [-0.05, 0) is 70.8 Å². The number of rotatable bonds is 3. The molecule has 0 spiro atoms. The minimum absolute atomic E-state index is 0.904. The maximum absolute atomic E-state index is 6.58. The van der Waals surface area contributed by atoms with Crippen molar-refractivity contribution < 1.29 is 4.42 Å². The molecule has 41 heavy (non-hydrogen) atoms. The Labute approximate surface area is 240 Å². The molecule has 0 radical (unpaired) electrons. The summed E-state index contributed by atoms with van der Waals surface area (Å²) < 4.78 is 11.6. The highest BCUT2D eigenvalue weighted by atomic mass is 32.1. The molecule has 0 aliphatic rings. The van der Waals surface area contributed by atoms with Gasteiger partial charge in [0.2, 0.25) is 0 Å². The van der Waals surface area contributed by atoms with E-state index in [0.717, 1.165) is 44.2 Å². The highest BCUT2D eigenvalue weighted by Crippen LogP contribution is 2.42. The number of benzene rings is 6. The van der Waals surface area contributed by atoms with Gasteiger partial charge in [-0.3, -0.25) is 0 Å². The summed E-state index contributed by atoms with van der Waals surface area (Å²) in [6.07, 6.45) is 0. The first-order chi connectivity index (χ1) is 20.3. The Bertz CT molecular complexity index is 2410. The molecule has 0 fully saturated rings. The van der Waals surface area contributed by atoms with Gasteiger partial charge in [0.25, 0.3) is 0 Å². The van der Waals surface area contributed by atoms with Crippen LogP contribution in [0.2, 0.25) is 0 Å². The zero-order valence-electron chi connectivity index (χ0n) is 22.0. The standard InChI is InChI=1S/C38H23NOS/c1-2-9-27(10-3-1)39-32-14-6-4-11-29(32)38-37(39)30-22-21-26(23-33(30)40-38)24-17-19-25(20-18-24)28-13-8-16-35-36(28)31-12-5-7-15-34(31)41-35/h1-23H. The Morgan fingerprint density at radius 1 is 0.512 bits per heavy atom. The highest BCUT2D eigenvalue weighted by molar-refractivity contribution is 7.25. The fourth-order valence-electron chi connectivity index (χ4n) is 6.35. The van der Waals surface area contributed by atoms with Gasteiger partial charge in [0.1, 0.15) is 11.1 Å². The molecular formula is C38H23NOS. The lowest BCUT2D eigenvalue weighted by molar-refractivity contribution is 0.673. The zero-order valence-corrected chi connectivity index (χ0v) is 22.9. The second-order valence-electron chi connectivity index (χ2n) is 10.5. The average Bonchev–Trinajstić information content (AvgIpc) is 3.70. The molecule has 9 aromatic rings. The lowest BCUT2D eigenvalue weighted by Crippen LogP contribution is -1.92. The molecule has 2 nitrogen and oxygen atoms in total. The second-order valence-corrected chi connectivity index (χ2v) is 11.6. The van der Waals surface area contributed by atoms with Crippen molar-refractivity contribution in [3.63, 3.8) is 0 Å². The van der Waals surface area contributed by atoms with E-state index in [1.165, 1.54) is 36.9 Å². The summed E-state index contributed by atoms with van der Waals surface area (Å²) in [5.74, 6) is 0. The highest BCUT2D eigenvalue weighted by Gasteiger charge is 2.19. The van der Waals surface area contributed by atoms with E-state index < -0.39 is 0 Å². The number of thiophene rings is 1. The molecule has 0 bridgehead atoms. The Morgan fingerprint density at radius 3 is 2.10 bits per heavy atom. The molecule has 3 heterocycles. The first-order valence-corrected chi connectivity index (χ1v) is 14.7. The second kappa shape index (κ2) is 8.69. The van der Waals surface area contributed by atoms with E-state index in [4.69, 9.17) is 4.42 Å². The first kappa shape index (κ1) is 22.7. The molecule has 6 aromatic carbocycles. The SMILES string of the molecule is c1ccc(-n2c3ccccc3c3oc4cc(-c5ccc(-c6cccc7sc8ccccc8c67)cc5)ccc4c32)cc1. The summed E-state index contributed by atoms with van der Waals surface area (Å²) in [5.41, 5.74) is 10.1. The molecular weight excluding hydrogens is 518 g/mol. The summed E-state index contributed by atoms with van der Waals surface area (Å²) in [7, 11) is 0. The van der Waals surface area contributed by atoms with Crippen LogP contribution in [0.15, 0.2) is 144 Å². The summed E-state index contributed by atoms with van der Waals surface area (Å²) in [4.78, 5) is 0. The van der Waals surface area contributed by atoms with E-state index in [9.17, 15) is 0 Å². The van der Waals surface area contributed by atoms with Crippen LogP contribution in [-0.4, -0.2) is 4.57 Å². The normalized spacial score (nSPS) is 11.9. The number of nitrogens with zero attached hydrogens (tertiary/aromatic N) is 1. The molecule has 0 saturated carbocycles. The molecule has 3 aromatic heterocycles. The maximum atomic E-state index is 6.58. The number of aromatic nitrogens is 1. The number of hydrogen-bond donors (Lipinski definition) is 0. The largest absolute Gasteiger partial charge is 0.454 e. The number of hydrogen-bond acceptors (Lipinski definition) is 2. The molecule has 0 unspecified atom stereocenters. The predicted molar refractivity (Wildman–Crippen MR) is 174 cm³/mol. The molecule has 0 saturated heterocycles. The van der Waals surface area contributed by atoms with Gasteiger partial charge in [-0.2, -0.15) is 0 Å². The third-order valence-corrected chi connectivity index (χ3v) is 9.36. The topological polar surface area (TPSA) is 18.1 Å². The Morgan fingerprint density at radius 2 is 1.22 bits per heavy atom. The van der Waals surface area contributed by atoms with E-state index in [2.05, 4.69) is 144 Å². The van der Waals surface area contributed by atoms with Crippen molar-refractivity contribution in [3.05, 3.63) is 140 Å². The van der Waals surface area contributed by atoms with Crippen molar-refractivity contribution in [2.75, 3.05) is 0 Å². The number of fused-ring (bicyclic) bond motifs is 8. The van der Waals surface area contributed by atoms with E-state index in [-0.39, 0.29) is 0 Å². The smallest absolute Gasteiger partial charge is 0.161 e. The van der Waals surface area contributed by atoms with Crippen molar-refractivity contribution in [1.29, 1.82) is 0 Å². The monoisotopic (exact) mass is 541 g/mol. The Balaban J connectivity index is 1.17. The van der Waals surface area contributed by atoms with E-state index >= 15 is 0 Å². The van der Waals surface area contributed by atoms with Gasteiger partial charge in [0.15, 0.2) is 5.58 Å². The zero-order chi connectivity index (χ0) is 26.9. The minimum atomic E-state index is 0.904. The summed E-state index contributed by atoms with van der Waals surface area (Å²) >= 11 is 1.86. The average molecular weight is 542 g/mol. The quantitative estimate of drug-likeness (QED) is 0.217. The van der Waals surface area contributed by atoms with Crippen LogP contribution in [0, 0.1) is 0 Å². The Kier molecular flexibility index (Phi) is 4.80. The molecule has 3 heteroatoms. The van der Waals surface area contributed by atoms with Crippen LogP contribution in [0.5, 0.6) is 0 Å². The molecule has 0 N–H and O–H groups in total. The van der Waals surface area contributed by atoms with Gasteiger partial charge >= 0.3 is 0 Å². The van der Waals surface area contributed by atoms with Crippen LogP contribution in [0.3, 0.4) is 0 Å². The van der Waals surface area contributed by atoms with E-state index in [1.807, 2.05) is 11.3 Å². The predicted octanol–water partition coefficient (Wildman–Crippen LogP) is 11.2. The van der Waals surface area contributed by atoms with E-state index in [0.29, 0.717) is 0 Å². The molecule has 0 amide bonds. The Hall–Kier alpha value is -5.12. The molecule has 0 aliphatic heterocycles. The van der Waals surface area contributed by atoms with Crippen LogP contribution in [-0.2, 0) is 0 Å².